The van der Waals surface area contributed by atoms with Crippen LogP contribution in [-0.4, -0.2) is 13.3 Å². The summed E-state index contributed by atoms with van der Waals surface area (Å²) in [7, 11) is -4.32. The molecule has 0 heterocycles. The molecule has 7 heteroatoms. The molecule has 0 saturated heterocycles. The molecule has 0 radical (unpaired) electrons. The number of benzene rings is 2. The van der Waals surface area contributed by atoms with E-state index < -0.39 is 25.6 Å². The molecule has 0 aliphatic rings. The van der Waals surface area contributed by atoms with Gasteiger partial charge >= 0.3 is 10.1 Å². The normalized spacial score (nSPS) is 12.0. The zero-order valence-corrected chi connectivity index (χ0v) is 14.8. The van der Waals surface area contributed by atoms with Crippen molar-refractivity contribution in [1.29, 1.82) is 0 Å². The summed E-state index contributed by atoms with van der Waals surface area (Å²) in [5.74, 6) is 0.125. The molecule has 0 aliphatic carbocycles. The van der Waals surface area contributed by atoms with E-state index in [4.69, 9.17) is 4.18 Å². The highest BCUT2D eigenvalue weighted by atomic mass is 32.2. The van der Waals surface area contributed by atoms with Crippen LogP contribution >= 0.6 is 0 Å². The van der Waals surface area contributed by atoms with Gasteiger partial charge in [-0.3, -0.25) is 10.1 Å². The van der Waals surface area contributed by atoms with Gasteiger partial charge in [-0.05, 0) is 35.6 Å². The van der Waals surface area contributed by atoms with E-state index in [0.29, 0.717) is 0 Å². The lowest BCUT2D eigenvalue weighted by molar-refractivity contribution is -0.388. The second kappa shape index (κ2) is 6.24. The Morgan fingerprint density at radius 3 is 2.29 bits per heavy atom. The molecule has 0 amide bonds. The van der Waals surface area contributed by atoms with Crippen molar-refractivity contribution in [1.82, 2.24) is 0 Å². The fourth-order valence-corrected chi connectivity index (χ4v) is 3.59. The van der Waals surface area contributed by atoms with Gasteiger partial charge in [0.1, 0.15) is 5.75 Å². The van der Waals surface area contributed by atoms with Gasteiger partial charge in [-0.15, -0.1) is 0 Å². The van der Waals surface area contributed by atoms with E-state index in [1.54, 1.807) is 12.1 Å². The summed E-state index contributed by atoms with van der Waals surface area (Å²) >= 11 is 0. The van der Waals surface area contributed by atoms with Crippen molar-refractivity contribution in [2.75, 3.05) is 0 Å². The minimum absolute atomic E-state index is 0.125. The molecule has 0 aromatic heterocycles. The van der Waals surface area contributed by atoms with E-state index in [9.17, 15) is 18.5 Å². The Labute approximate surface area is 141 Å². The number of nitro groups is 1. The van der Waals surface area contributed by atoms with Gasteiger partial charge in [0, 0.05) is 6.07 Å². The van der Waals surface area contributed by atoms with E-state index in [2.05, 4.69) is 0 Å². The van der Waals surface area contributed by atoms with Crippen LogP contribution in [0.1, 0.15) is 31.9 Å². The average molecular weight is 349 g/mol. The van der Waals surface area contributed by atoms with Crippen molar-refractivity contribution in [3.05, 3.63) is 63.7 Å². The number of aryl methyl sites for hydroxylation is 1. The minimum Gasteiger partial charge on any atom is -0.379 e. The number of nitro benzene ring substituents is 1. The Morgan fingerprint density at radius 1 is 1.08 bits per heavy atom. The Hall–Kier alpha value is -2.41. The molecule has 6 nitrogen and oxygen atoms in total. The highest BCUT2D eigenvalue weighted by molar-refractivity contribution is 7.87. The largest absolute Gasteiger partial charge is 0.379 e. The number of hydrogen-bond donors (Lipinski definition) is 0. The van der Waals surface area contributed by atoms with Crippen LogP contribution in [0.4, 0.5) is 5.69 Å². The lowest BCUT2D eigenvalue weighted by Gasteiger charge is -2.19. The van der Waals surface area contributed by atoms with Gasteiger partial charge < -0.3 is 4.18 Å². The molecular weight excluding hydrogens is 330 g/mol. The highest BCUT2D eigenvalue weighted by Crippen LogP contribution is 2.31. The Balaban J connectivity index is 2.50. The van der Waals surface area contributed by atoms with Crippen LogP contribution in [0.15, 0.2) is 47.4 Å². The molecular formula is C17H19NO5S. The third kappa shape index (κ3) is 3.73. The third-order valence-corrected chi connectivity index (χ3v) is 4.99. The van der Waals surface area contributed by atoms with E-state index >= 15 is 0 Å². The first-order valence-electron chi connectivity index (χ1n) is 7.31. The molecule has 0 bridgehead atoms. The summed E-state index contributed by atoms with van der Waals surface area (Å²) in [5.41, 5.74) is 0.477. The van der Waals surface area contributed by atoms with E-state index in [0.717, 1.165) is 11.6 Å². The summed E-state index contributed by atoms with van der Waals surface area (Å²) in [4.78, 5) is 10.00. The average Bonchev–Trinajstić information content (AvgIpc) is 2.45. The predicted molar refractivity (Wildman–Crippen MR) is 90.8 cm³/mol. The smallest absolute Gasteiger partial charge is 0.346 e. The molecule has 0 atom stereocenters. The monoisotopic (exact) mass is 349 g/mol. The molecule has 0 aliphatic heterocycles. The molecule has 0 fully saturated rings. The number of nitrogens with zero attached hydrogens (tertiary/aromatic N) is 1. The topological polar surface area (TPSA) is 86.5 Å². The lowest BCUT2D eigenvalue weighted by atomic mass is 9.87. The second-order valence-electron chi connectivity index (χ2n) is 6.50. The number of rotatable bonds is 4. The van der Waals surface area contributed by atoms with Gasteiger partial charge in [-0.25, -0.2) is 0 Å². The van der Waals surface area contributed by atoms with Crippen LogP contribution < -0.4 is 4.18 Å². The molecule has 2 aromatic rings. The minimum atomic E-state index is -4.32. The quantitative estimate of drug-likeness (QED) is 0.473. The van der Waals surface area contributed by atoms with Gasteiger partial charge in [0.05, 0.1) is 4.92 Å². The lowest BCUT2D eigenvalue weighted by Crippen LogP contribution is -2.15. The van der Waals surface area contributed by atoms with Gasteiger partial charge in [-0.1, -0.05) is 45.0 Å². The molecule has 2 rings (SSSR count). The first kappa shape index (κ1) is 17.9. The summed E-state index contributed by atoms with van der Waals surface area (Å²) in [6.45, 7) is 7.47. The van der Waals surface area contributed by atoms with Crippen LogP contribution in [0.5, 0.6) is 5.75 Å². The Morgan fingerprint density at radius 2 is 1.71 bits per heavy atom. The van der Waals surface area contributed by atoms with Gasteiger partial charge in [0.2, 0.25) is 0 Å². The fourth-order valence-electron chi connectivity index (χ4n) is 2.29. The van der Waals surface area contributed by atoms with Crippen LogP contribution in [-0.2, 0) is 15.5 Å². The van der Waals surface area contributed by atoms with E-state index in [1.807, 2.05) is 26.8 Å². The molecule has 0 N–H and O–H groups in total. The van der Waals surface area contributed by atoms with Crippen LogP contribution in [0, 0.1) is 17.0 Å². The molecule has 24 heavy (non-hydrogen) atoms. The number of hydrogen-bond acceptors (Lipinski definition) is 5. The maximum atomic E-state index is 12.6. The molecule has 0 spiro atoms. The van der Waals surface area contributed by atoms with Crippen molar-refractivity contribution >= 4 is 15.8 Å². The first-order chi connectivity index (χ1) is 11.0. The highest BCUT2D eigenvalue weighted by Gasteiger charge is 2.30. The zero-order chi connectivity index (χ0) is 18.1. The Bertz CT molecular complexity index is 882. The standard InChI is InChI=1S/C17H19NO5S/c1-12-7-5-10-15(18(19)20)16(12)24(21,22)23-14-9-6-8-13(11-14)17(2,3)4/h5-11H,1-4H3. The summed E-state index contributed by atoms with van der Waals surface area (Å²) in [6, 6.07) is 10.8. The molecule has 0 saturated carbocycles. The van der Waals surface area contributed by atoms with E-state index in [-0.39, 0.29) is 16.7 Å². The summed E-state index contributed by atoms with van der Waals surface area (Å²) < 4.78 is 30.3. The fraction of sp³-hybridized carbons (Fsp3) is 0.294. The molecule has 2 aromatic carbocycles. The van der Waals surface area contributed by atoms with Crippen molar-refractivity contribution in [2.45, 2.75) is 38.0 Å². The van der Waals surface area contributed by atoms with E-state index in [1.165, 1.54) is 25.1 Å². The Kier molecular flexibility index (Phi) is 4.66. The maximum absolute atomic E-state index is 12.6. The van der Waals surface area contributed by atoms with Gasteiger partial charge in [0.25, 0.3) is 5.69 Å². The van der Waals surface area contributed by atoms with Crippen molar-refractivity contribution in [3.8, 4) is 5.75 Å². The second-order valence-corrected chi connectivity index (χ2v) is 7.98. The first-order valence-corrected chi connectivity index (χ1v) is 8.72. The van der Waals surface area contributed by atoms with Gasteiger partial charge in [-0.2, -0.15) is 8.42 Å². The van der Waals surface area contributed by atoms with Crippen LogP contribution in [0.3, 0.4) is 0 Å². The predicted octanol–water partition coefficient (Wildman–Crippen LogP) is 3.97. The molecule has 128 valence electrons. The third-order valence-electron chi connectivity index (χ3n) is 3.54. The van der Waals surface area contributed by atoms with Crippen LogP contribution in [0.25, 0.3) is 0 Å². The van der Waals surface area contributed by atoms with Crippen molar-refractivity contribution < 1.29 is 17.5 Å². The zero-order valence-electron chi connectivity index (χ0n) is 13.9. The maximum Gasteiger partial charge on any atom is 0.346 e. The van der Waals surface area contributed by atoms with Crippen molar-refractivity contribution in [2.24, 2.45) is 0 Å². The SMILES string of the molecule is Cc1cccc([N+](=O)[O-])c1S(=O)(=O)Oc1cccc(C(C)(C)C)c1. The van der Waals surface area contributed by atoms with Crippen LogP contribution in [0.2, 0.25) is 0 Å². The van der Waals surface area contributed by atoms with Gasteiger partial charge in [0.15, 0.2) is 4.90 Å². The summed E-state index contributed by atoms with van der Waals surface area (Å²) in [6.07, 6.45) is 0. The summed E-state index contributed by atoms with van der Waals surface area (Å²) in [5, 5.41) is 11.1. The molecule has 0 unspecified atom stereocenters. The van der Waals surface area contributed by atoms with Crippen molar-refractivity contribution in [3.63, 3.8) is 0 Å².